The zero-order valence-corrected chi connectivity index (χ0v) is 8.00. The summed E-state index contributed by atoms with van der Waals surface area (Å²) in [6.45, 7) is 1.17. The first-order valence-electron chi connectivity index (χ1n) is 4.27. The zero-order chi connectivity index (χ0) is 9.68. The first-order valence-corrected chi connectivity index (χ1v) is 4.27. The molecule has 2 N–H and O–H groups in total. The molecule has 1 aromatic rings. The normalized spacial score (nSPS) is 10.0. The van der Waals surface area contributed by atoms with Crippen LogP contribution in [0.25, 0.3) is 0 Å². The topological polar surface area (TPSA) is 46.1 Å². The number of likely N-dealkylation sites (N-methyl/N-ethyl adjacent to an activating group) is 1. The Morgan fingerprint density at radius 3 is 2.92 bits per heavy atom. The molecule has 0 aliphatic rings. The summed E-state index contributed by atoms with van der Waals surface area (Å²) in [6, 6.07) is 3.94. The van der Waals surface area contributed by atoms with E-state index in [1.54, 1.807) is 7.05 Å². The average Bonchev–Trinajstić information content (AvgIpc) is 2.54. The lowest BCUT2D eigenvalue weighted by atomic mass is 10.4. The Hall–Kier alpha value is -1.29. The lowest BCUT2D eigenvalue weighted by Gasteiger charge is -2.07. The summed E-state index contributed by atoms with van der Waals surface area (Å²) in [4.78, 5) is 11.1. The van der Waals surface area contributed by atoms with Gasteiger partial charge in [-0.1, -0.05) is 0 Å². The van der Waals surface area contributed by atoms with Gasteiger partial charge in [-0.2, -0.15) is 0 Å². The fraction of sp³-hybridized carbons (Fsp3) is 0.444. The second-order valence-electron chi connectivity index (χ2n) is 2.83. The molecule has 0 saturated heterocycles. The summed E-state index contributed by atoms with van der Waals surface area (Å²) in [7, 11) is 3.53. The smallest absolute Gasteiger partial charge is 0.239 e. The molecular formula is C9H15N3O. The van der Waals surface area contributed by atoms with Gasteiger partial charge in [-0.15, -0.1) is 0 Å². The predicted molar refractivity (Wildman–Crippen MR) is 51.3 cm³/mol. The van der Waals surface area contributed by atoms with Crippen molar-refractivity contribution in [1.29, 1.82) is 0 Å². The molecule has 0 spiro atoms. The van der Waals surface area contributed by atoms with Gasteiger partial charge in [0.1, 0.15) is 6.54 Å². The minimum absolute atomic E-state index is 0.0218. The van der Waals surface area contributed by atoms with Crippen molar-refractivity contribution in [3.63, 3.8) is 0 Å². The Labute approximate surface area is 77.9 Å². The van der Waals surface area contributed by atoms with Crippen LogP contribution in [0.4, 0.5) is 0 Å². The van der Waals surface area contributed by atoms with Gasteiger partial charge in [-0.25, -0.2) is 0 Å². The highest BCUT2D eigenvalue weighted by Crippen LogP contribution is 2.01. The number of rotatable bonds is 4. The third-order valence-electron chi connectivity index (χ3n) is 1.87. The molecule has 0 aliphatic carbocycles. The van der Waals surface area contributed by atoms with E-state index in [-0.39, 0.29) is 5.91 Å². The number of amides is 1. The minimum Gasteiger partial charge on any atom is -0.358 e. The van der Waals surface area contributed by atoms with Crippen molar-refractivity contribution in [2.24, 2.45) is 0 Å². The van der Waals surface area contributed by atoms with Crippen LogP contribution in [0.3, 0.4) is 0 Å². The van der Waals surface area contributed by atoms with Crippen molar-refractivity contribution in [2.75, 3.05) is 14.1 Å². The molecule has 1 amide bonds. The van der Waals surface area contributed by atoms with E-state index in [0.717, 1.165) is 12.2 Å². The quantitative estimate of drug-likeness (QED) is 0.684. The average molecular weight is 181 g/mol. The van der Waals surface area contributed by atoms with Crippen molar-refractivity contribution < 1.29 is 4.79 Å². The molecule has 0 saturated carbocycles. The third kappa shape index (κ3) is 2.59. The van der Waals surface area contributed by atoms with E-state index in [0.29, 0.717) is 6.54 Å². The molecular weight excluding hydrogens is 166 g/mol. The van der Waals surface area contributed by atoms with Crippen LogP contribution < -0.4 is 10.6 Å². The summed E-state index contributed by atoms with van der Waals surface area (Å²) in [5, 5.41) is 5.64. The van der Waals surface area contributed by atoms with Gasteiger partial charge in [0.15, 0.2) is 0 Å². The lowest BCUT2D eigenvalue weighted by Crippen LogP contribution is -2.24. The van der Waals surface area contributed by atoms with Crippen molar-refractivity contribution in [2.45, 2.75) is 13.1 Å². The summed E-state index contributed by atoms with van der Waals surface area (Å²) >= 11 is 0. The van der Waals surface area contributed by atoms with E-state index in [1.807, 2.05) is 29.9 Å². The highest BCUT2D eigenvalue weighted by atomic mass is 16.1. The van der Waals surface area contributed by atoms with Crippen LogP contribution in [0, 0.1) is 0 Å². The van der Waals surface area contributed by atoms with E-state index >= 15 is 0 Å². The molecule has 0 fully saturated rings. The molecule has 0 atom stereocenters. The van der Waals surface area contributed by atoms with Gasteiger partial charge in [0, 0.05) is 25.5 Å². The van der Waals surface area contributed by atoms with Gasteiger partial charge in [0.05, 0.1) is 0 Å². The van der Waals surface area contributed by atoms with Crippen molar-refractivity contribution in [1.82, 2.24) is 15.2 Å². The molecule has 0 unspecified atom stereocenters. The number of nitrogens with one attached hydrogen (secondary N) is 2. The standard InChI is InChI=1S/C9H15N3O/c1-10-6-8-4-3-5-12(8)7-9(13)11-2/h3-5,10H,6-7H2,1-2H3,(H,11,13). The van der Waals surface area contributed by atoms with Crippen LogP contribution in [0.2, 0.25) is 0 Å². The number of aromatic nitrogens is 1. The minimum atomic E-state index is 0.0218. The lowest BCUT2D eigenvalue weighted by molar-refractivity contribution is -0.121. The van der Waals surface area contributed by atoms with Crippen LogP contribution in [0.5, 0.6) is 0 Å². The molecule has 0 aromatic carbocycles. The van der Waals surface area contributed by atoms with E-state index < -0.39 is 0 Å². The maximum Gasteiger partial charge on any atom is 0.239 e. The Balaban J connectivity index is 2.64. The Kier molecular flexibility index (Phi) is 3.52. The van der Waals surface area contributed by atoms with Crippen molar-refractivity contribution >= 4 is 5.91 Å². The highest BCUT2D eigenvalue weighted by molar-refractivity contribution is 5.75. The number of carbonyl (C=O) groups is 1. The SMILES string of the molecule is CNCc1cccn1CC(=O)NC. The van der Waals surface area contributed by atoms with E-state index in [2.05, 4.69) is 10.6 Å². The second-order valence-corrected chi connectivity index (χ2v) is 2.83. The highest BCUT2D eigenvalue weighted by Gasteiger charge is 2.03. The monoisotopic (exact) mass is 181 g/mol. The Morgan fingerprint density at radius 1 is 1.54 bits per heavy atom. The molecule has 0 aliphatic heterocycles. The molecule has 72 valence electrons. The largest absolute Gasteiger partial charge is 0.358 e. The fourth-order valence-corrected chi connectivity index (χ4v) is 1.18. The number of hydrogen-bond acceptors (Lipinski definition) is 2. The van der Waals surface area contributed by atoms with E-state index in [1.165, 1.54) is 0 Å². The van der Waals surface area contributed by atoms with Gasteiger partial charge < -0.3 is 15.2 Å². The van der Waals surface area contributed by atoms with Gasteiger partial charge in [-0.05, 0) is 19.2 Å². The van der Waals surface area contributed by atoms with Gasteiger partial charge >= 0.3 is 0 Å². The number of carbonyl (C=O) groups excluding carboxylic acids is 1. The molecule has 0 bridgehead atoms. The van der Waals surface area contributed by atoms with Crippen LogP contribution in [-0.2, 0) is 17.9 Å². The van der Waals surface area contributed by atoms with E-state index in [4.69, 9.17) is 0 Å². The zero-order valence-electron chi connectivity index (χ0n) is 8.00. The van der Waals surface area contributed by atoms with E-state index in [9.17, 15) is 4.79 Å². The number of nitrogens with zero attached hydrogens (tertiary/aromatic N) is 1. The Morgan fingerprint density at radius 2 is 2.31 bits per heavy atom. The van der Waals surface area contributed by atoms with Crippen LogP contribution in [-0.4, -0.2) is 24.6 Å². The molecule has 13 heavy (non-hydrogen) atoms. The summed E-state index contributed by atoms with van der Waals surface area (Å²) in [6.07, 6.45) is 1.90. The van der Waals surface area contributed by atoms with Crippen molar-refractivity contribution in [3.8, 4) is 0 Å². The van der Waals surface area contributed by atoms with Gasteiger partial charge in [0.2, 0.25) is 5.91 Å². The molecule has 4 nitrogen and oxygen atoms in total. The second kappa shape index (κ2) is 4.67. The third-order valence-corrected chi connectivity index (χ3v) is 1.87. The number of hydrogen-bond donors (Lipinski definition) is 2. The predicted octanol–water partition coefficient (Wildman–Crippen LogP) is -0.0465. The van der Waals surface area contributed by atoms with Crippen LogP contribution in [0.15, 0.2) is 18.3 Å². The maximum absolute atomic E-state index is 11.1. The summed E-state index contributed by atoms with van der Waals surface area (Å²) < 4.78 is 1.93. The summed E-state index contributed by atoms with van der Waals surface area (Å²) in [5.74, 6) is 0.0218. The van der Waals surface area contributed by atoms with Crippen molar-refractivity contribution in [3.05, 3.63) is 24.0 Å². The maximum atomic E-state index is 11.1. The molecule has 1 rings (SSSR count). The van der Waals surface area contributed by atoms with Crippen LogP contribution >= 0.6 is 0 Å². The van der Waals surface area contributed by atoms with Crippen LogP contribution in [0.1, 0.15) is 5.69 Å². The summed E-state index contributed by atoms with van der Waals surface area (Å²) in [5.41, 5.74) is 1.12. The first kappa shape index (κ1) is 9.80. The molecule has 0 radical (unpaired) electrons. The Bertz CT molecular complexity index is 280. The molecule has 1 aromatic heterocycles. The molecule has 1 heterocycles. The van der Waals surface area contributed by atoms with Gasteiger partial charge in [0.25, 0.3) is 0 Å². The first-order chi connectivity index (χ1) is 6.27. The molecule has 4 heteroatoms. The van der Waals surface area contributed by atoms with Gasteiger partial charge in [-0.3, -0.25) is 4.79 Å². The fourth-order valence-electron chi connectivity index (χ4n) is 1.18.